The molecule has 2 aromatic rings. The van der Waals surface area contributed by atoms with Gasteiger partial charge >= 0.3 is 0 Å². The standard InChI is InChI=1S/C8H8ClN5/c1-5-12-4-13-14(5)8-7(9)2-6(10)3-11-8/h2-4H,10H2,1H3. The van der Waals surface area contributed by atoms with Gasteiger partial charge < -0.3 is 5.73 Å². The van der Waals surface area contributed by atoms with Crippen LogP contribution < -0.4 is 5.73 Å². The van der Waals surface area contributed by atoms with Crippen molar-refractivity contribution in [1.82, 2.24) is 19.7 Å². The van der Waals surface area contributed by atoms with Crippen molar-refractivity contribution in [1.29, 1.82) is 0 Å². The minimum absolute atomic E-state index is 0.457. The number of hydrogen-bond donors (Lipinski definition) is 1. The van der Waals surface area contributed by atoms with Gasteiger partial charge in [0.1, 0.15) is 12.2 Å². The zero-order valence-electron chi connectivity index (χ0n) is 7.48. The minimum Gasteiger partial charge on any atom is -0.397 e. The van der Waals surface area contributed by atoms with E-state index < -0.39 is 0 Å². The van der Waals surface area contributed by atoms with Crippen molar-refractivity contribution in [2.45, 2.75) is 6.92 Å². The van der Waals surface area contributed by atoms with Gasteiger partial charge in [-0.15, -0.1) is 0 Å². The third kappa shape index (κ3) is 1.42. The van der Waals surface area contributed by atoms with Crippen molar-refractivity contribution in [3.8, 4) is 5.82 Å². The molecule has 0 unspecified atom stereocenters. The van der Waals surface area contributed by atoms with E-state index in [2.05, 4.69) is 15.1 Å². The number of hydrogen-bond acceptors (Lipinski definition) is 4. The number of nitrogens with zero attached hydrogens (tertiary/aromatic N) is 4. The van der Waals surface area contributed by atoms with Crippen molar-refractivity contribution >= 4 is 17.3 Å². The van der Waals surface area contributed by atoms with Crippen molar-refractivity contribution in [3.63, 3.8) is 0 Å². The zero-order valence-corrected chi connectivity index (χ0v) is 8.23. The Hall–Kier alpha value is -1.62. The number of anilines is 1. The van der Waals surface area contributed by atoms with Crippen LogP contribution in [-0.2, 0) is 0 Å². The van der Waals surface area contributed by atoms with E-state index in [1.807, 2.05) is 6.92 Å². The highest BCUT2D eigenvalue weighted by Gasteiger charge is 2.08. The number of aryl methyl sites for hydroxylation is 1. The Bertz CT molecular complexity index is 465. The zero-order chi connectivity index (χ0) is 10.1. The van der Waals surface area contributed by atoms with E-state index in [0.717, 1.165) is 5.82 Å². The third-order valence-corrected chi connectivity index (χ3v) is 2.04. The first kappa shape index (κ1) is 8.96. The second kappa shape index (κ2) is 3.26. The monoisotopic (exact) mass is 209 g/mol. The van der Waals surface area contributed by atoms with Crippen molar-refractivity contribution in [2.24, 2.45) is 0 Å². The Morgan fingerprint density at radius 2 is 2.21 bits per heavy atom. The molecule has 0 saturated carbocycles. The average molecular weight is 210 g/mol. The lowest BCUT2D eigenvalue weighted by Gasteiger charge is -2.04. The van der Waals surface area contributed by atoms with Gasteiger partial charge in [0.2, 0.25) is 0 Å². The second-order valence-corrected chi connectivity index (χ2v) is 3.20. The fourth-order valence-corrected chi connectivity index (χ4v) is 1.36. The molecule has 0 bridgehead atoms. The lowest BCUT2D eigenvalue weighted by molar-refractivity contribution is 0.812. The maximum absolute atomic E-state index is 5.96. The summed E-state index contributed by atoms with van der Waals surface area (Å²) in [7, 11) is 0. The number of rotatable bonds is 1. The van der Waals surface area contributed by atoms with E-state index in [1.54, 1.807) is 10.7 Å². The second-order valence-electron chi connectivity index (χ2n) is 2.79. The summed E-state index contributed by atoms with van der Waals surface area (Å²) < 4.78 is 1.56. The molecule has 2 heterocycles. The van der Waals surface area contributed by atoms with Gasteiger partial charge in [0.05, 0.1) is 16.9 Å². The maximum Gasteiger partial charge on any atom is 0.174 e. The molecule has 2 N–H and O–H groups in total. The predicted octanol–water partition coefficient (Wildman–Crippen LogP) is 1.21. The van der Waals surface area contributed by atoms with Crippen LogP contribution in [-0.4, -0.2) is 19.7 Å². The number of pyridine rings is 1. The fourth-order valence-electron chi connectivity index (χ4n) is 1.11. The summed E-state index contributed by atoms with van der Waals surface area (Å²) in [5.74, 6) is 1.26. The molecule has 0 aliphatic heterocycles. The summed E-state index contributed by atoms with van der Waals surface area (Å²) in [5, 5.41) is 4.45. The van der Waals surface area contributed by atoms with Gasteiger partial charge in [-0.05, 0) is 13.0 Å². The smallest absolute Gasteiger partial charge is 0.174 e. The summed E-state index contributed by atoms with van der Waals surface area (Å²) >= 11 is 5.96. The predicted molar refractivity (Wildman–Crippen MR) is 53.3 cm³/mol. The summed E-state index contributed by atoms with van der Waals surface area (Å²) in [6.45, 7) is 1.82. The van der Waals surface area contributed by atoms with E-state index in [1.165, 1.54) is 12.5 Å². The number of aromatic nitrogens is 4. The molecule has 2 rings (SSSR count). The number of nitrogen functional groups attached to an aromatic ring is 1. The summed E-state index contributed by atoms with van der Waals surface area (Å²) in [4.78, 5) is 8.06. The molecule has 0 aliphatic rings. The molecule has 0 saturated heterocycles. The maximum atomic E-state index is 5.96. The van der Waals surface area contributed by atoms with Crippen LogP contribution in [0, 0.1) is 6.92 Å². The molecule has 6 heteroatoms. The van der Waals surface area contributed by atoms with Gasteiger partial charge in [0, 0.05) is 0 Å². The van der Waals surface area contributed by atoms with E-state index in [-0.39, 0.29) is 0 Å². The molecule has 0 amide bonds. The van der Waals surface area contributed by atoms with Crippen LogP contribution in [0.15, 0.2) is 18.6 Å². The summed E-state index contributed by atoms with van der Waals surface area (Å²) in [6.07, 6.45) is 2.98. The number of nitrogens with two attached hydrogens (primary N) is 1. The lowest BCUT2D eigenvalue weighted by atomic mass is 10.4. The highest BCUT2D eigenvalue weighted by molar-refractivity contribution is 6.32. The average Bonchev–Trinajstić information content (AvgIpc) is 2.52. The van der Waals surface area contributed by atoms with E-state index in [0.29, 0.717) is 16.5 Å². The molecular formula is C8H8ClN5. The lowest BCUT2D eigenvalue weighted by Crippen LogP contribution is -2.03. The Balaban J connectivity index is 2.58. The Labute approximate surface area is 85.5 Å². The summed E-state index contributed by atoms with van der Waals surface area (Å²) in [5.41, 5.74) is 6.05. The van der Waals surface area contributed by atoms with Crippen LogP contribution in [0.5, 0.6) is 0 Å². The van der Waals surface area contributed by atoms with Crippen molar-refractivity contribution < 1.29 is 0 Å². The van der Waals surface area contributed by atoms with Crippen LogP contribution in [0.25, 0.3) is 5.82 Å². The largest absolute Gasteiger partial charge is 0.397 e. The molecule has 0 aromatic carbocycles. The summed E-state index contributed by atoms with van der Waals surface area (Å²) in [6, 6.07) is 1.63. The third-order valence-electron chi connectivity index (χ3n) is 1.76. The van der Waals surface area contributed by atoms with E-state index in [4.69, 9.17) is 17.3 Å². The molecule has 0 radical (unpaired) electrons. The molecule has 5 nitrogen and oxygen atoms in total. The van der Waals surface area contributed by atoms with Crippen molar-refractivity contribution in [3.05, 3.63) is 29.4 Å². The molecule has 2 aromatic heterocycles. The molecule has 0 aliphatic carbocycles. The van der Waals surface area contributed by atoms with Crippen LogP contribution in [0.2, 0.25) is 5.02 Å². The fraction of sp³-hybridized carbons (Fsp3) is 0.125. The van der Waals surface area contributed by atoms with Crippen LogP contribution in [0.1, 0.15) is 5.82 Å². The minimum atomic E-state index is 0.457. The molecule has 14 heavy (non-hydrogen) atoms. The highest BCUT2D eigenvalue weighted by atomic mass is 35.5. The van der Waals surface area contributed by atoms with E-state index in [9.17, 15) is 0 Å². The molecule has 0 fully saturated rings. The quantitative estimate of drug-likeness (QED) is 0.767. The first-order valence-electron chi connectivity index (χ1n) is 3.96. The van der Waals surface area contributed by atoms with Gasteiger partial charge in [-0.25, -0.2) is 9.97 Å². The molecule has 0 atom stereocenters. The van der Waals surface area contributed by atoms with Crippen LogP contribution in [0.4, 0.5) is 5.69 Å². The van der Waals surface area contributed by atoms with Crippen molar-refractivity contribution in [2.75, 3.05) is 5.73 Å². The van der Waals surface area contributed by atoms with Gasteiger partial charge in [-0.1, -0.05) is 11.6 Å². The molecule has 72 valence electrons. The Morgan fingerprint density at radius 1 is 1.43 bits per heavy atom. The number of halogens is 1. The van der Waals surface area contributed by atoms with Gasteiger partial charge in [0.25, 0.3) is 0 Å². The topological polar surface area (TPSA) is 69.6 Å². The highest BCUT2D eigenvalue weighted by Crippen LogP contribution is 2.19. The molecular weight excluding hydrogens is 202 g/mol. The van der Waals surface area contributed by atoms with Gasteiger partial charge in [-0.3, -0.25) is 0 Å². The normalized spacial score (nSPS) is 10.4. The first-order valence-corrected chi connectivity index (χ1v) is 4.34. The Kier molecular flexibility index (Phi) is 2.09. The SMILES string of the molecule is Cc1ncnn1-c1ncc(N)cc1Cl. The van der Waals surface area contributed by atoms with Crippen LogP contribution >= 0.6 is 11.6 Å². The van der Waals surface area contributed by atoms with Gasteiger partial charge in [0.15, 0.2) is 5.82 Å². The van der Waals surface area contributed by atoms with E-state index >= 15 is 0 Å². The Morgan fingerprint density at radius 3 is 2.79 bits per heavy atom. The molecule has 0 spiro atoms. The van der Waals surface area contributed by atoms with Gasteiger partial charge in [-0.2, -0.15) is 9.78 Å². The first-order chi connectivity index (χ1) is 6.68. The van der Waals surface area contributed by atoms with Crippen LogP contribution in [0.3, 0.4) is 0 Å².